The minimum absolute atomic E-state index is 0.000741. The van der Waals surface area contributed by atoms with E-state index < -0.39 is 5.41 Å². The molecule has 0 aliphatic heterocycles. The number of carbonyl (C=O) groups excluding carboxylic acids is 2. The third kappa shape index (κ3) is 0.618. The molecule has 2 nitrogen and oxygen atoms in total. The SMILES string of the molecule is O=C1[C@@H]2C=C[C@]13CCCC[C@@]31C(=O)C=C[C@@H]21. The summed E-state index contributed by atoms with van der Waals surface area (Å²) in [6.45, 7) is 0. The van der Waals surface area contributed by atoms with E-state index in [0.29, 0.717) is 5.78 Å². The molecular formula is C14H14O2. The average Bonchev–Trinajstić information content (AvgIpc) is 2.86. The number of hydrogen-bond donors (Lipinski definition) is 0. The molecule has 82 valence electrons. The van der Waals surface area contributed by atoms with Crippen LogP contribution in [0.5, 0.6) is 0 Å². The molecule has 0 aromatic carbocycles. The monoisotopic (exact) mass is 214 g/mol. The molecular weight excluding hydrogens is 200 g/mol. The van der Waals surface area contributed by atoms with Gasteiger partial charge in [-0.2, -0.15) is 0 Å². The van der Waals surface area contributed by atoms with Gasteiger partial charge < -0.3 is 0 Å². The first-order chi connectivity index (χ1) is 7.72. The Hall–Kier alpha value is -1.18. The molecule has 0 unspecified atom stereocenters. The standard InChI is InChI=1S/C14H14O2/c15-11-4-3-10-9-5-8-13(12(9)16)6-1-2-7-14(10,11)13/h3-5,8-10H,1-2,6-7H2/t9-,10+,13-,14-/m1/s1. The Morgan fingerprint density at radius 1 is 1.12 bits per heavy atom. The van der Waals surface area contributed by atoms with E-state index in [4.69, 9.17) is 0 Å². The van der Waals surface area contributed by atoms with Crippen molar-refractivity contribution in [1.29, 1.82) is 0 Å². The van der Waals surface area contributed by atoms with Crippen LogP contribution in [-0.2, 0) is 9.59 Å². The van der Waals surface area contributed by atoms with E-state index in [1.54, 1.807) is 6.08 Å². The zero-order valence-corrected chi connectivity index (χ0v) is 9.11. The fourth-order valence-electron chi connectivity index (χ4n) is 4.75. The van der Waals surface area contributed by atoms with Gasteiger partial charge in [-0.3, -0.25) is 9.59 Å². The summed E-state index contributed by atoms with van der Waals surface area (Å²) in [6, 6.07) is 0. The van der Waals surface area contributed by atoms with E-state index in [2.05, 4.69) is 12.2 Å². The summed E-state index contributed by atoms with van der Waals surface area (Å²) in [6.07, 6.45) is 11.8. The van der Waals surface area contributed by atoms with E-state index in [9.17, 15) is 9.59 Å². The number of fused-ring (bicyclic) bond motifs is 2. The van der Waals surface area contributed by atoms with E-state index in [1.807, 2.05) is 6.08 Å². The summed E-state index contributed by atoms with van der Waals surface area (Å²) in [5.74, 6) is 0.728. The molecule has 2 saturated carbocycles. The molecule has 0 aromatic heterocycles. The summed E-state index contributed by atoms with van der Waals surface area (Å²) >= 11 is 0. The average molecular weight is 214 g/mol. The van der Waals surface area contributed by atoms with Gasteiger partial charge in [-0.25, -0.2) is 0 Å². The van der Waals surface area contributed by atoms with Crippen molar-refractivity contribution in [3.8, 4) is 0 Å². The normalized spacial score (nSPS) is 52.2. The largest absolute Gasteiger partial charge is 0.298 e. The maximum absolute atomic E-state index is 12.4. The number of carbonyl (C=O) groups is 2. The van der Waals surface area contributed by atoms with Crippen molar-refractivity contribution in [1.82, 2.24) is 0 Å². The number of Topliss-reactive ketones (excluding diaryl/α,β-unsaturated/α-hetero) is 1. The maximum Gasteiger partial charge on any atom is 0.163 e. The highest BCUT2D eigenvalue weighted by molar-refractivity contribution is 6.10. The fraction of sp³-hybridized carbons (Fsp3) is 0.571. The summed E-state index contributed by atoms with van der Waals surface area (Å²) < 4.78 is 0. The quantitative estimate of drug-likeness (QED) is 0.578. The minimum atomic E-state index is -0.416. The topological polar surface area (TPSA) is 34.1 Å². The Bertz CT molecular complexity index is 473. The first-order valence-electron chi connectivity index (χ1n) is 6.19. The van der Waals surface area contributed by atoms with Crippen molar-refractivity contribution in [3.63, 3.8) is 0 Å². The lowest BCUT2D eigenvalue weighted by Gasteiger charge is -2.46. The Labute approximate surface area is 94.4 Å². The van der Waals surface area contributed by atoms with E-state index in [-0.39, 0.29) is 23.0 Å². The lowest BCUT2D eigenvalue weighted by atomic mass is 9.54. The van der Waals surface area contributed by atoms with Crippen molar-refractivity contribution in [3.05, 3.63) is 24.3 Å². The molecule has 4 aliphatic carbocycles. The van der Waals surface area contributed by atoms with Crippen LogP contribution in [0.4, 0.5) is 0 Å². The molecule has 16 heavy (non-hydrogen) atoms. The smallest absolute Gasteiger partial charge is 0.163 e. The lowest BCUT2D eigenvalue weighted by molar-refractivity contribution is -0.139. The third-order valence-corrected chi connectivity index (χ3v) is 5.37. The molecule has 0 amide bonds. The first kappa shape index (κ1) is 8.91. The van der Waals surface area contributed by atoms with Gasteiger partial charge in [0.05, 0.1) is 10.8 Å². The molecule has 4 atom stereocenters. The fourth-order valence-corrected chi connectivity index (χ4v) is 4.75. The molecule has 0 radical (unpaired) electrons. The molecule has 4 rings (SSSR count). The lowest BCUT2D eigenvalue weighted by Crippen LogP contribution is -2.48. The zero-order valence-electron chi connectivity index (χ0n) is 9.11. The van der Waals surface area contributed by atoms with E-state index >= 15 is 0 Å². The molecule has 2 heteroatoms. The molecule has 2 bridgehead atoms. The second kappa shape index (κ2) is 2.39. The molecule has 2 spiro atoms. The third-order valence-electron chi connectivity index (χ3n) is 5.37. The molecule has 0 aromatic rings. The number of hydrogen-bond acceptors (Lipinski definition) is 2. The Morgan fingerprint density at radius 2 is 1.94 bits per heavy atom. The Balaban J connectivity index is 2.02. The van der Waals surface area contributed by atoms with Gasteiger partial charge >= 0.3 is 0 Å². The molecule has 0 heterocycles. The van der Waals surface area contributed by atoms with Gasteiger partial charge in [-0.05, 0) is 18.9 Å². The van der Waals surface area contributed by atoms with Gasteiger partial charge in [0.15, 0.2) is 11.6 Å². The van der Waals surface area contributed by atoms with Crippen LogP contribution < -0.4 is 0 Å². The van der Waals surface area contributed by atoms with Crippen LogP contribution in [-0.4, -0.2) is 11.6 Å². The summed E-state index contributed by atoms with van der Waals surface area (Å²) in [5, 5.41) is 0. The van der Waals surface area contributed by atoms with E-state index in [0.717, 1.165) is 25.7 Å². The molecule has 0 saturated heterocycles. The van der Waals surface area contributed by atoms with Crippen LogP contribution in [0.2, 0.25) is 0 Å². The van der Waals surface area contributed by atoms with Gasteiger partial charge in [0.2, 0.25) is 0 Å². The highest BCUT2D eigenvalue weighted by Gasteiger charge is 2.73. The first-order valence-corrected chi connectivity index (χ1v) is 6.19. The highest BCUT2D eigenvalue weighted by Crippen LogP contribution is 2.70. The zero-order chi connectivity index (χ0) is 11.0. The van der Waals surface area contributed by atoms with Crippen molar-refractivity contribution in [2.75, 3.05) is 0 Å². The van der Waals surface area contributed by atoms with Gasteiger partial charge in [0.25, 0.3) is 0 Å². The minimum Gasteiger partial charge on any atom is -0.298 e. The van der Waals surface area contributed by atoms with Crippen LogP contribution in [0.25, 0.3) is 0 Å². The Morgan fingerprint density at radius 3 is 2.81 bits per heavy atom. The molecule has 0 N–H and O–H groups in total. The Kier molecular flexibility index (Phi) is 1.33. The van der Waals surface area contributed by atoms with Gasteiger partial charge in [0.1, 0.15) is 0 Å². The molecule has 4 aliphatic rings. The summed E-state index contributed by atoms with van der Waals surface area (Å²) in [4.78, 5) is 24.7. The van der Waals surface area contributed by atoms with Crippen molar-refractivity contribution < 1.29 is 9.59 Å². The second-order valence-corrected chi connectivity index (χ2v) is 5.65. The number of allylic oxidation sites excluding steroid dienone is 4. The van der Waals surface area contributed by atoms with Gasteiger partial charge in [-0.1, -0.05) is 31.1 Å². The van der Waals surface area contributed by atoms with Crippen LogP contribution in [0.3, 0.4) is 0 Å². The number of ketones is 2. The van der Waals surface area contributed by atoms with Crippen molar-refractivity contribution in [2.45, 2.75) is 25.7 Å². The molecule has 2 fully saturated rings. The highest BCUT2D eigenvalue weighted by atomic mass is 16.1. The van der Waals surface area contributed by atoms with Crippen LogP contribution >= 0.6 is 0 Å². The second-order valence-electron chi connectivity index (χ2n) is 5.65. The summed E-state index contributed by atoms with van der Waals surface area (Å²) in [7, 11) is 0. The van der Waals surface area contributed by atoms with Gasteiger partial charge in [-0.15, -0.1) is 0 Å². The predicted molar refractivity (Wildman–Crippen MR) is 58.6 cm³/mol. The van der Waals surface area contributed by atoms with Crippen LogP contribution in [0.15, 0.2) is 24.3 Å². The van der Waals surface area contributed by atoms with Crippen LogP contribution in [0, 0.1) is 22.7 Å². The summed E-state index contributed by atoms with van der Waals surface area (Å²) in [5.41, 5.74) is -0.775. The van der Waals surface area contributed by atoms with E-state index in [1.165, 1.54) is 0 Å². The maximum atomic E-state index is 12.4. The van der Waals surface area contributed by atoms with Crippen molar-refractivity contribution in [2.24, 2.45) is 22.7 Å². The number of rotatable bonds is 0. The van der Waals surface area contributed by atoms with Crippen LogP contribution in [0.1, 0.15) is 25.7 Å². The van der Waals surface area contributed by atoms with Gasteiger partial charge in [0, 0.05) is 11.8 Å². The predicted octanol–water partition coefficient (Wildman–Crippen LogP) is 2.06. The van der Waals surface area contributed by atoms with Crippen molar-refractivity contribution >= 4 is 11.6 Å².